The van der Waals surface area contributed by atoms with E-state index in [1.807, 2.05) is 18.2 Å². The topological polar surface area (TPSA) is 46.5 Å². The first-order valence-electron chi connectivity index (χ1n) is 7.56. The molecule has 108 valence electrons. The number of carbonyl (C=O) groups is 1. The predicted octanol–water partition coefficient (Wildman–Crippen LogP) is 3.83. The van der Waals surface area contributed by atoms with Crippen molar-refractivity contribution >= 4 is 5.97 Å². The molecule has 1 saturated carbocycles. The van der Waals surface area contributed by atoms with Crippen LogP contribution in [0.4, 0.5) is 0 Å². The van der Waals surface area contributed by atoms with E-state index in [1.165, 1.54) is 5.56 Å². The molecule has 3 atom stereocenters. The molecule has 0 bridgehead atoms. The van der Waals surface area contributed by atoms with E-state index in [0.717, 1.165) is 37.9 Å². The average molecular weight is 274 g/mol. The van der Waals surface area contributed by atoms with Gasteiger partial charge in [-0.25, -0.2) is 0 Å². The molecule has 1 fully saturated rings. The van der Waals surface area contributed by atoms with Crippen molar-refractivity contribution in [2.24, 2.45) is 11.3 Å². The van der Waals surface area contributed by atoms with E-state index >= 15 is 0 Å². The highest BCUT2D eigenvalue weighted by molar-refractivity contribution is 5.75. The van der Waals surface area contributed by atoms with Gasteiger partial charge in [0.15, 0.2) is 0 Å². The third kappa shape index (κ3) is 2.30. The molecule has 0 aromatic heterocycles. The number of para-hydroxylation sites is 1. The van der Waals surface area contributed by atoms with Gasteiger partial charge in [-0.15, -0.1) is 0 Å². The molecule has 3 unspecified atom stereocenters. The molecular weight excluding hydrogens is 252 g/mol. The second-order valence-electron chi connectivity index (χ2n) is 6.51. The lowest BCUT2D eigenvalue weighted by molar-refractivity contribution is -0.149. The number of carboxylic acid groups (broad SMARTS) is 1. The lowest BCUT2D eigenvalue weighted by Crippen LogP contribution is -2.31. The zero-order chi connectivity index (χ0) is 14.2. The third-order valence-electron chi connectivity index (χ3n) is 5.03. The van der Waals surface area contributed by atoms with Crippen LogP contribution in [-0.2, 0) is 4.79 Å². The van der Waals surface area contributed by atoms with Crippen LogP contribution < -0.4 is 4.74 Å². The summed E-state index contributed by atoms with van der Waals surface area (Å²) in [5, 5.41) is 9.73. The van der Waals surface area contributed by atoms with E-state index in [-0.39, 0.29) is 0 Å². The Balaban J connectivity index is 1.86. The molecule has 1 heterocycles. The summed E-state index contributed by atoms with van der Waals surface area (Å²) in [6.45, 7) is 2.87. The first kappa shape index (κ1) is 13.5. The Morgan fingerprint density at radius 2 is 2.20 bits per heavy atom. The van der Waals surface area contributed by atoms with E-state index in [9.17, 15) is 9.90 Å². The lowest BCUT2D eigenvalue weighted by Gasteiger charge is -2.33. The van der Waals surface area contributed by atoms with E-state index in [2.05, 4.69) is 13.0 Å². The Morgan fingerprint density at radius 3 is 2.90 bits per heavy atom. The van der Waals surface area contributed by atoms with Crippen molar-refractivity contribution in [3.63, 3.8) is 0 Å². The summed E-state index contributed by atoms with van der Waals surface area (Å²) < 4.78 is 5.69. The number of hydrogen-bond acceptors (Lipinski definition) is 2. The van der Waals surface area contributed by atoms with Gasteiger partial charge in [0.05, 0.1) is 12.0 Å². The molecule has 3 nitrogen and oxygen atoms in total. The van der Waals surface area contributed by atoms with Crippen LogP contribution in [0.25, 0.3) is 0 Å². The molecule has 1 aliphatic heterocycles. The smallest absolute Gasteiger partial charge is 0.309 e. The molecule has 2 aliphatic rings. The molecule has 0 spiro atoms. The monoisotopic (exact) mass is 274 g/mol. The molecule has 20 heavy (non-hydrogen) atoms. The summed E-state index contributed by atoms with van der Waals surface area (Å²) in [6.07, 6.45) is 4.37. The second-order valence-corrected chi connectivity index (χ2v) is 6.51. The summed E-state index contributed by atoms with van der Waals surface area (Å²) in [5.74, 6) is 1.18. The van der Waals surface area contributed by atoms with Crippen LogP contribution in [0, 0.1) is 11.3 Å². The van der Waals surface area contributed by atoms with Crippen molar-refractivity contribution in [2.75, 3.05) is 6.61 Å². The third-order valence-corrected chi connectivity index (χ3v) is 5.03. The maximum atomic E-state index is 11.8. The molecule has 3 rings (SSSR count). The quantitative estimate of drug-likeness (QED) is 0.911. The van der Waals surface area contributed by atoms with Crippen molar-refractivity contribution < 1.29 is 14.6 Å². The van der Waals surface area contributed by atoms with Gasteiger partial charge in [0.2, 0.25) is 0 Å². The minimum Gasteiger partial charge on any atom is -0.493 e. The number of hydrogen-bond donors (Lipinski definition) is 1. The summed E-state index contributed by atoms with van der Waals surface area (Å²) in [7, 11) is 0. The molecule has 1 aliphatic carbocycles. The largest absolute Gasteiger partial charge is 0.493 e. The van der Waals surface area contributed by atoms with Gasteiger partial charge < -0.3 is 9.84 Å². The summed E-state index contributed by atoms with van der Waals surface area (Å²) in [4.78, 5) is 11.8. The molecule has 0 radical (unpaired) electrons. The highest BCUT2D eigenvalue weighted by Crippen LogP contribution is 2.50. The maximum absolute atomic E-state index is 11.8. The highest BCUT2D eigenvalue weighted by Gasteiger charge is 2.46. The fourth-order valence-electron chi connectivity index (χ4n) is 3.96. The van der Waals surface area contributed by atoms with Gasteiger partial charge in [0.25, 0.3) is 0 Å². The molecule has 0 saturated heterocycles. The Bertz CT molecular complexity index is 511. The van der Waals surface area contributed by atoms with Crippen LogP contribution in [0.15, 0.2) is 24.3 Å². The predicted molar refractivity (Wildman–Crippen MR) is 77.0 cm³/mol. The zero-order valence-electron chi connectivity index (χ0n) is 12.0. The summed E-state index contributed by atoms with van der Waals surface area (Å²) in [5.41, 5.74) is 0.674. The van der Waals surface area contributed by atoms with Crippen LogP contribution >= 0.6 is 0 Å². The van der Waals surface area contributed by atoms with Gasteiger partial charge in [-0.3, -0.25) is 4.79 Å². The van der Waals surface area contributed by atoms with Gasteiger partial charge in [-0.2, -0.15) is 0 Å². The fraction of sp³-hybridized carbons (Fsp3) is 0.588. The van der Waals surface area contributed by atoms with E-state index in [0.29, 0.717) is 18.4 Å². The normalized spacial score (nSPS) is 32.5. The minimum absolute atomic E-state index is 0.321. The zero-order valence-corrected chi connectivity index (χ0v) is 12.0. The fourth-order valence-corrected chi connectivity index (χ4v) is 3.96. The average Bonchev–Trinajstić information content (AvgIpc) is 2.82. The standard InChI is InChI=1S/C17H22O3/c1-12-6-8-17(10-12,16(18)19)11-13-7-9-20-15-5-3-2-4-14(13)15/h2-5,12-13H,6-11H2,1H3,(H,18,19). The lowest BCUT2D eigenvalue weighted by atomic mass is 9.73. The van der Waals surface area contributed by atoms with Crippen LogP contribution in [0.3, 0.4) is 0 Å². The van der Waals surface area contributed by atoms with Gasteiger partial charge in [-0.1, -0.05) is 25.1 Å². The summed E-state index contributed by atoms with van der Waals surface area (Å²) >= 11 is 0. The van der Waals surface area contributed by atoms with Gasteiger partial charge >= 0.3 is 5.97 Å². The number of carboxylic acids is 1. The van der Waals surface area contributed by atoms with Crippen molar-refractivity contribution in [1.29, 1.82) is 0 Å². The minimum atomic E-state index is -0.606. The molecule has 3 heteroatoms. The van der Waals surface area contributed by atoms with Crippen LogP contribution in [-0.4, -0.2) is 17.7 Å². The first-order valence-corrected chi connectivity index (χ1v) is 7.56. The Hall–Kier alpha value is -1.51. The van der Waals surface area contributed by atoms with E-state index < -0.39 is 11.4 Å². The molecule has 1 N–H and O–H groups in total. The van der Waals surface area contributed by atoms with Crippen LogP contribution in [0.1, 0.15) is 50.5 Å². The number of rotatable bonds is 3. The molecule has 1 aromatic rings. The summed E-state index contributed by atoms with van der Waals surface area (Å²) in [6, 6.07) is 8.08. The van der Waals surface area contributed by atoms with Crippen molar-refractivity contribution in [3.05, 3.63) is 29.8 Å². The van der Waals surface area contributed by atoms with Crippen molar-refractivity contribution in [3.8, 4) is 5.75 Å². The Morgan fingerprint density at radius 1 is 1.40 bits per heavy atom. The SMILES string of the molecule is CC1CCC(CC2CCOc3ccccc32)(C(=O)O)C1. The maximum Gasteiger partial charge on any atom is 0.309 e. The van der Waals surface area contributed by atoms with Crippen LogP contribution in [0.2, 0.25) is 0 Å². The second kappa shape index (κ2) is 5.12. The number of aliphatic carboxylic acids is 1. The number of fused-ring (bicyclic) bond motifs is 1. The van der Waals surface area contributed by atoms with Crippen LogP contribution in [0.5, 0.6) is 5.75 Å². The molecular formula is C17H22O3. The van der Waals surface area contributed by atoms with Crippen molar-refractivity contribution in [2.45, 2.75) is 44.9 Å². The van der Waals surface area contributed by atoms with Crippen molar-refractivity contribution in [1.82, 2.24) is 0 Å². The molecule has 0 amide bonds. The van der Waals surface area contributed by atoms with E-state index in [4.69, 9.17) is 4.74 Å². The first-order chi connectivity index (χ1) is 9.61. The molecule has 1 aromatic carbocycles. The Labute approximate surface area is 120 Å². The number of benzene rings is 1. The van der Waals surface area contributed by atoms with E-state index in [1.54, 1.807) is 0 Å². The van der Waals surface area contributed by atoms with Gasteiger partial charge in [0, 0.05) is 0 Å². The van der Waals surface area contributed by atoms with Gasteiger partial charge in [0.1, 0.15) is 5.75 Å². The number of ether oxygens (including phenoxy) is 1. The highest BCUT2D eigenvalue weighted by atomic mass is 16.5. The Kier molecular flexibility index (Phi) is 3.45. The van der Waals surface area contributed by atoms with Gasteiger partial charge in [-0.05, 0) is 55.6 Å².